The molecule has 0 bridgehead atoms. The van der Waals surface area contributed by atoms with Crippen LogP contribution in [0.5, 0.6) is 0 Å². The van der Waals surface area contributed by atoms with Crippen molar-refractivity contribution < 1.29 is 4.79 Å². The molecule has 1 aromatic rings. The maximum Gasteiger partial charge on any atom is 0.251 e. The largest absolute Gasteiger partial charge is 0.349 e. The van der Waals surface area contributed by atoms with Crippen LogP contribution in [0.4, 0.5) is 0 Å². The average molecular weight is 327 g/mol. The number of hydrogen-bond donors (Lipinski definition) is 3. The molecule has 1 aromatic carbocycles. The lowest BCUT2D eigenvalue weighted by atomic mass is 10.0. The zero-order chi connectivity index (χ0) is 16.4. The molecule has 1 amide bonds. The predicted octanol–water partition coefficient (Wildman–Crippen LogP) is 2.56. The molecule has 3 N–H and O–H groups in total. The fourth-order valence-corrected chi connectivity index (χ4v) is 4.29. The second-order valence-electron chi connectivity index (χ2n) is 7.72. The van der Waals surface area contributed by atoms with Gasteiger partial charge in [0.2, 0.25) is 0 Å². The van der Waals surface area contributed by atoms with Crippen LogP contribution in [0.3, 0.4) is 0 Å². The van der Waals surface area contributed by atoms with E-state index in [4.69, 9.17) is 0 Å². The number of carbonyl (C=O) groups excluding carboxylic acids is 1. The number of benzene rings is 1. The van der Waals surface area contributed by atoms with Crippen molar-refractivity contribution in [2.24, 2.45) is 0 Å². The van der Waals surface area contributed by atoms with E-state index in [-0.39, 0.29) is 5.91 Å². The Bertz CT molecular complexity index is 576. The lowest BCUT2D eigenvalue weighted by molar-refractivity contribution is 0.0938. The van der Waals surface area contributed by atoms with Gasteiger partial charge in [-0.25, -0.2) is 0 Å². The molecule has 3 fully saturated rings. The summed E-state index contributed by atoms with van der Waals surface area (Å²) in [5, 5.41) is 10.4. The Balaban J connectivity index is 1.34. The fraction of sp³-hybridized carbons (Fsp3) is 0.650. The van der Waals surface area contributed by atoms with Gasteiger partial charge in [-0.15, -0.1) is 0 Å². The molecule has 2 saturated carbocycles. The van der Waals surface area contributed by atoms with Gasteiger partial charge in [-0.05, 0) is 62.9 Å². The van der Waals surface area contributed by atoms with Gasteiger partial charge < -0.3 is 16.0 Å². The fourth-order valence-electron chi connectivity index (χ4n) is 4.29. The topological polar surface area (TPSA) is 53.2 Å². The van der Waals surface area contributed by atoms with Gasteiger partial charge in [0.1, 0.15) is 0 Å². The Hall–Kier alpha value is -1.39. The van der Waals surface area contributed by atoms with Gasteiger partial charge in [-0.3, -0.25) is 4.79 Å². The Morgan fingerprint density at radius 1 is 1.04 bits per heavy atom. The number of piperidine rings is 1. The van der Waals surface area contributed by atoms with Crippen molar-refractivity contribution in [2.75, 3.05) is 13.1 Å². The molecule has 3 aliphatic rings. The quantitative estimate of drug-likeness (QED) is 0.779. The highest BCUT2D eigenvalue weighted by atomic mass is 16.1. The molecule has 2 unspecified atom stereocenters. The highest BCUT2D eigenvalue weighted by molar-refractivity contribution is 5.94. The maximum atomic E-state index is 12.5. The number of carbonyl (C=O) groups is 1. The first-order chi connectivity index (χ1) is 11.8. The summed E-state index contributed by atoms with van der Waals surface area (Å²) in [6.07, 6.45) is 8.43. The summed E-state index contributed by atoms with van der Waals surface area (Å²) in [6.45, 7) is 2.26. The Morgan fingerprint density at radius 3 is 2.62 bits per heavy atom. The van der Waals surface area contributed by atoms with E-state index < -0.39 is 0 Å². The third-order valence-corrected chi connectivity index (χ3v) is 5.85. The van der Waals surface area contributed by atoms with Crippen molar-refractivity contribution in [1.29, 1.82) is 0 Å². The molecule has 4 heteroatoms. The minimum absolute atomic E-state index is 0.104. The zero-order valence-electron chi connectivity index (χ0n) is 14.4. The number of hydrogen-bond acceptors (Lipinski definition) is 3. The van der Waals surface area contributed by atoms with Crippen LogP contribution in [0.1, 0.15) is 66.8 Å². The summed E-state index contributed by atoms with van der Waals surface area (Å²) >= 11 is 0. The lowest BCUT2D eigenvalue weighted by Crippen LogP contribution is -2.41. The molecule has 0 radical (unpaired) electrons. The van der Waals surface area contributed by atoms with Crippen molar-refractivity contribution in [3.63, 3.8) is 0 Å². The molecule has 130 valence electrons. The standard InChI is InChI=1S/C20H29N3O/c24-20(23-16-6-1-2-7-16)15-5-3-4-14(12-15)18-13-19(18)22-17-8-10-21-11-9-17/h3-5,12,16-19,21-22H,1-2,6-11,13H2,(H,23,24). The van der Waals surface area contributed by atoms with Crippen LogP contribution in [-0.4, -0.2) is 37.1 Å². The second-order valence-corrected chi connectivity index (χ2v) is 7.72. The monoisotopic (exact) mass is 327 g/mol. The summed E-state index contributed by atoms with van der Waals surface area (Å²) in [5.74, 6) is 0.686. The molecular weight excluding hydrogens is 298 g/mol. The zero-order valence-corrected chi connectivity index (χ0v) is 14.4. The van der Waals surface area contributed by atoms with Gasteiger partial charge in [0.15, 0.2) is 0 Å². The summed E-state index contributed by atoms with van der Waals surface area (Å²) in [5.41, 5.74) is 2.15. The van der Waals surface area contributed by atoms with Gasteiger partial charge in [0, 0.05) is 29.6 Å². The second kappa shape index (κ2) is 7.24. The summed E-state index contributed by atoms with van der Waals surface area (Å²) < 4.78 is 0. The van der Waals surface area contributed by atoms with Crippen molar-refractivity contribution in [1.82, 2.24) is 16.0 Å². The van der Waals surface area contributed by atoms with E-state index >= 15 is 0 Å². The number of rotatable bonds is 5. The van der Waals surface area contributed by atoms with E-state index in [1.807, 2.05) is 12.1 Å². The van der Waals surface area contributed by atoms with Crippen LogP contribution in [-0.2, 0) is 0 Å². The van der Waals surface area contributed by atoms with E-state index in [1.54, 1.807) is 0 Å². The first-order valence-electron chi connectivity index (χ1n) is 9.67. The Morgan fingerprint density at radius 2 is 1.83 bits per heavy atom. The van der Waals surface area contributed by atoms with Gasteiger partial charge in [-0.1, -0.05) is 25.0 Å². The van der Waals surface area contributed by atoms with Crippen LogP contribution < -0.4 is 16.0 Å². The van der Waals surface area contributed by atoms with Crippen LogP contribution >= 0.6 is 0 Å². The van der Waals surface area contributed by atoms with Crippen LogP contribution in [0, 0.1) is 0 Å². The molecule has 1 heterocycles. The molecule has 4 rings (SSSR count). The summed E-state index contributed by atoms with van der Waals surface area (Å²) in [7, 11) is 0. The van der Waals surface area contributed by atoms with E-state index in [1.165, 1.54) is 37.7 Å². The van der Waals surface area contributed by atoms with Crippen molar-refractivity contribution in [2.45, 2.75) is 69.0 Å². The molecule has 1 saturated heterocycles. The molecule has 2 aliphatic carbocycles. The van der Waals surface area contributed by atoms with E-state index in [9.17, 15) is 4.79 Å². The van der Waals surface area contributed by atoms with Gasteiger partial charge in [-0.2, -0.15) is 0 Å². The van der Waals surface area contributed by atoms with Gasteiger partial charge in [0.05, 0.1) is 0 Å². The predicted molar refractivity (Wildman–Crippen MR) is 96.3 cm³/mol. The molecule has 4 nitrogen and oxygen atoms in total. The molecule has 24 heavy (non-hydrogen) atoms. The molecule has 2 atom stereocenters. The minimum Gasteiger partial charge on any atom is -0.349 e. The highest BCUT2D eigenvalue weighted by Gasteiger charge is 2.39. The van der Waals surface area contributed by atoms with Gasteiger partial charge in [0.25, 0.3) is 5.91 Å². The normalized spacial score (nSPS) is 28.0. The number of amides is 1. The molecule has 1 aliphatic heterocycles. The van der Waals surface area contributed by atoms with Crippen LogP contribution in [0.25, 0.3) is 0 Å². The van der Waals surface area contributed by atoms with E-state index in [0.717, 1.165) is 31.5 Å². The first kappa shape index (κ1) is 16.1. The molecule has 0 spiro atoms. The average Bonchev–Trinajstić information content (AvgIpc) is 3.19. The lowest BCUT2D eigenvalue weighted by Gasteiger charge is -2.24. The van der Waals surface area contributed by atoms with E-state index in [0.29, 0.717) is 24.0 Å². The third-order valence-electron chi connectivity index (χ3n) is 5.85. The van der Waals surface area contributed by atoms with Crippen LogP contribution in [0.2, 0.25) is 0 Å². The Kier molecular flexibility index (Phi) is 4.86. The number of nitrogens with one attached hydrogen (secondary N) is 3. The van der Waals surface area contributed by atoms with Crippen LogP contribution in [0.15, 0.2) is 24.3 Å². The van der Waals surface area contributed by atoms with Crippen molar-refractivity contribution >= 4 is 5.91 Å². The van der Waals surface area contributed by atoms with Crippen molar-refractivity contribution in [3.8, 4) is 0 Å². The van der Waals surface area contributed by atoms with Crippen molar-refractivity contribution in [3.05, 3.63) is 35.4 Å². The minimum atomic E-state index is 0.104. The highest BCUT2D eigenvalue weighted by Crippen LogP contribution is 2.41. The third kappa shape index (κ3) is 3.81. The van der Waals surface area contributed by atoms with E-state index in [2.05, 4.69) is 28.1 Å². The smallest absolute Gasteiger partial charge is 0.251 e. The first-order valence-corrected chi connectivity index (χ1v) is 9.67. The van der Waals surface area contributed by atoms with Gasteiger partial charge >= 0.3 is 0 Å². The maximum absolute atomic E-state index is 12.5. The summed E-state index contributed by atoms with van der Waals surface area (Å²) in [4.78, 5) is 12.5. The summed E-state index contributed by atoms with van der Waals surface area (Å²) in [6, 6.07) is 9.93. The molecule has 0 aromatic heterocycles. The molecular formula is C20H29N3O. The SMILES string of the molecule is O=C(NC1CCCC1)c1cccc(C2CC2NC2CCNCC2)c1. The Labute approximate surface area is 144 Å².